The zero-order chi connectivity index (χ0) is 12.9. The van der Waals surface area contributed by atoms with Gasteiger partial charge in [-0.25, -0.2) is 8.42 Å². The molecule has 1 saturated carbocycles. The van der Waals surface area contributed by atoms with Crippen LogP contribution in [0.15, 0.2) is 0 Å². The van der Waals surface area contributed by atoms with Crippen LogP contribution in [0.2, 0.25) is 0 Å². The molecule has 1 atom stereocenters. The van der Waals surface area contributed by atoms with Gasteiger partial charge in [-0.2, -0.15) is 0 Å². The third-order valence-corrected chi connectivity index (χ3v) is 5.36. The van der Waals surface area contributed by atoms with Crippen molar-refractivity contribution in [1.29, 1.82) is 0 Å². The van der Waals surface area contributed by atoms with Crippen molar-refractivity contribution >= 4 is 15.7 Å². The molecular weight excluding hydrogens is 240 g/mol. The SMILES string of the molecule is CC(C(=O)NC1CCCCC1)S(=O)(=O)CCN. The molecule has 100 valence electrons. The van der Waals surface area contributed by atoms with Gasteiger partial charge in [0.2, 0.25) is 5.91 Å². The first-order valence-corrected chi connectivity index (χ1v) is 7.91. The van der Waals surface area contributed by atoms with Crippen LogP contribution in [0.25, 0.3) is 0 Å². The fourth-order valence-electron chi connectivity index (χ4n) is 2.07. The maximum Gasteiger partial charge on any atom is 0.238 e. The number of hydrogen-bond acceptors (Lipinski definition) is 4. The normalized spacial score (nSPS) is 19.9. The topological polar surface area (TPSA) is 89.3 Å². The molecule has 5 nitrogen and oxygen atoms in total. The zero-order valence-electron chi connectivity index (χ0n) is 10.3. The fraction of sp³-hybridized carbons (Fsp3) is 0.909. The van der Waals surface area contributed by atoms with Crippen molar-refractivity contribution in [3.63, 3.8) is 0 Å². The van der Waals surface area contributed by atoms with Gasteiger partial charge in [0, 0.05) is 12.6 Å². The summed E-state index contributed by atoms with van der Waals surface area (Å²) in [7, 11) is -3.40. The molecule has 6 heteroatoms. The number of carbonyl (C=O) groups is 1. The van der Waals surface area contributed by atoms with Crippen LogP contribution in [-0.2, 0) is 14.6 Å². The van der Waals surface area contributed by atoms with Gasteiger partial charge in [0.1, 0.15) is 5.25 Å². The van der Waals surface area contributed by atoms with Crippen LogP contribution in [-0.4, -0.2) is 37.9 Å². The highest BCUT2D eigenvalue weighted by molar-refractivity contribution is 7.92. The minimum Gasteiger partial charge on any atom is -0.352 e. The first kappa shape index (κ1) is 14.4. The Morgan fingerprint density at radius 1 is 1.35 bits per heavy atom. The predicted molar refractivity (Wildman–Crippen MR) is 67.3 cm³/mol. The molecule has 0 radical (unpaired) electrons. The molecule has 1 fully saturated rings. The summed E-state index contributed by atoms with van der Waals surface area (Å²) in [5.74, 6) is -0.517. The smallest absolute Gasteiger partial charge is 0.238 e. The van der Waals surface area contributed by atoms with Crippen molar-refractivity contribution in [2.45, 2.75) is 50.3 Å². The summed E-state index contributed by atoms with van der Waals surface area (Å²) in [4.78, 5) is 11.8. The van der Waals surface area contributed by atoms with Gasteiger partial charge >= 0.3 is 0 Å². The Hall–Kier alpha value is -0.620. The lowest BCUT2D eigenvalue weighted by atomic mass is 9.95. The Morgan fingerprint density at radius 2 is 1.94 bits per heavy atom. The predicted octanol–water partition coefficient (Wildman–Crippen LogP) is 0.197. The number of nitrogens with two attached hydrogens (primary N) is 1. The van der Waals surface area contributed by atoms with Crippen LogP contribution in [0, 0.1) is 0 Å². The molecule has 0 aromatic heterocycles. The first-order valence-electron chi connectivity index (χ1n) is 6.19. The van der Waals surface area contributed by atoms with E-state index in [0.29, 0.717) is 0 Å². The highest BCUT2D eigenvalue weighted by atomic mass is 32.2. The quantitative estimate of drug-likeness (QED) is 0.740. The standard InChI is InChI=1S/C11H22N2O3S/c1-9(17(15,16)8-7-12)11(14)13-10-5-3-2-4-6-10/h9-10H,2-8,12H2,1H3,(H,13,14). The van der Waals surface area contributed by atoms with Gasteiger partial charge in [-0.05, 0) is 19.8 Å². The summed E-state index contributed by atoms with van der Waals surface area (Å²) in [5.41, 5.74) is 5.23. The molecule has 3 N–H and O–H groups in total. The minimum absolute atomic E-state index is 0.0589. The number of nitrogens with one attached hydrogen (secondary N) is 1. The highest BCUT2D eigenvalue weighted by Crippen LogP contribution is 2.17. The summed E-state index contributed by atoms with van der Waals surface area (Å²) in [6.07, 6.45) is 5.32. The number of hydrogen-bond donors (Lipinski definition) is 2. The van der Waals surface area contributed by atoms with E-state index in [9.17, 15) is 13.2 Å². The van der Waals surface area contributed by atoms with E-state index in [-0.39, 0.29) is 24.2 Å². The van der Waals surface area contributed by atoms with Crippen LogP contribution >= 0.6 is 0 Å². The monoisotopic (exact) mass is 262 g/mol. The Balaban J connectivity index is 2.51. The summed E-state index contributed by atoms with van der Waals surface area (Å²) >= 11 is 0. The van der Waals surface area contributed by atoms with Crippen molar-refractivity contribution < 1.29 is 13.2 Å². The first-order chi connectivity index (χ1) is 7.97. The highest BCUT2D eigenvalue weighted by Gasteiger charge is 2.28. The second-order valence-corrected chi connectivity index (χ2v) is 7.08. The van der Waals surface area contributed by atoms with Gasteiger partial charge in [-0.1, -0.05) is 19.3 Å². The van der Waals surface area contributed by atoms with E-state index in [1.807, 2.05) is 0 Å². The van der Waals surface area contributed by atoms with Gasteiger partial charge in [0.15, 0.2) is 9.84 Å². The average molecular weight is 262 g/mol. The van der Waals surface area contributed by atoms with Crippen LogP contribution in [0.4, 0.5) is 0 Å². The van der Waals surface area contributed by atoms with E-state index in [1.165, 1.54) is 13.3 Å². The Bertz CT molecular complexity index is 348. The fourth-order valence-corrected chi connectivity index (χ4v) is 3.15. The molecule has 0 aromatic rings. The van der Waals surface area contributed by atoms with Crippen molar-refractivity contribution in [1.82, 2.24) is 5.32 Å². The van der Waals surface area contributed by atoms with Gasteiger partial charge in [-0.15, -0.1) is 0 Å². The average Bonchev–Trinajstić information content (AvgIpc) is 2.29. The number of sulfone groups is 1. The van der Waals surface area contributed by atoms with E-state index < -0.39 is 15.1 Å². The van der Waals surface area contributed by atoms with Crippen LogP contribution in [0.1, 0.15) is 39.0 Å². The van der Waals surface area contributed by atoms with E-state index >= 15 is 0 Å². The molecular formula is C11H22N2O3S. The van der Waals surface area contributed by atoms with E-state index in [2.05, 4.69) is 5.32 Å². The minimum atomic E-state index is -3.40. The Labute approximate surface area is 103 Å². The molecule has 1 aliphatic carbocycles. The maximum absolute atomic E-state index is 11.8. The molecule has 1 rings (SSSR count). The molecule has 0 spiro atoms. The van der Waals surface area contributed by atoms with Crippen molar-refractivity contribution in [2.24, 2.45) is 5.73 Å². The van der Waals surface area contributed by atoms with Gasteiger partial charge in [-0.3, -0.25) is 4.79 Å². The number of carbonyl (C=O) groups excluding carboxylic acids is 1. The maximum atomic E-state index is 11.8. The van der Waals surface area contributed by atoms with Crippen LogP contribution in [0.5, 0.6) is 0 Å². The molecule has 1 unspecified atom stereocenters. The molecule has 0 aliphatic heterocycles. The lowest BCUT2D eigenvalue weighted by Gasteiger charge is -2.24. The van der Waals surface area contributed by atoms with E-state index in [1.54, 1.807) is 0 Å². The second kappa shape index (κ2) is 6.35. The zero-order valence-corrected chi connectivity index (χ0v) is 11.1. The van der Waals surface area contributed by atoms with Crippen LogP contribution in [0.3, 0.4) is 0 Å². The summed E-state index contributed by atoms with van der Waals surface area (Å²) in [5, 5.41) is 1.83. The van der Waals surface area contributed by atoms with Gasteiger partial charge in [0.05, 0.1) is 5.75 Å². The number of amides is 1. The largest absolute Gasteiger partial charge is 0.352 e. The summed E-state index contributed by atoms with van der Waals surface area (Å²) < 4.78 is 23.3. The van der Waals surface area contributed by atoms with Crippen molar-refractivity contribution in [3.8, 4) is 0 Å². The van der Waals surface area contributed by atoms with Gasteiger partial charge < -0.3 is 11.1 Å². The Kier molecular flexibility index (Phi) is 5.39. The van der Waals surface area contributed by atoms with Crippen LogP contribution < -0.4 is 11.1 Å². The lowest BCUT2D eigenvalue weighted by molar-refractivity contribution is -0.121. The Morgan fingerprint density at radius 3 is 2.47 bits per heavy atom. The third kappa shape index (κ3) is 4.27. The number of rotatable bonds is 5. The molecule has 1 aliphatic rings. The van der Waals surface area contributed by atoms with E-state index in [4.69, 9.17) is 5.73 Å². The lowest BCUT2D eigenvalue weighted by Crippen LogP contribution is -2.45. The molecule has 0 heterocycles. The summed E-state index contributed by atoms with van der Waals surface area (Å²) in [6.45, 7) is 1.49. The van der Waals surface area contributed by atoms with Crippen molar-refractivity contribution in [3.05, 3.63) is 0 Å². The molecule has 17 heavy (non-hydrogen) atoms. The molecule has 0 aromatic carbocycles. The van der Waals surface area contributed by atoms with E-state index in [0.717, 1.165) is 25.7 Å². The molecule has 0 bridgehead atoms. The molecule has 1 amide bonds. The van der Waals surface area contributed by atoms with Gasteiger partial charge in [0.25, 0.3) is 0 Å². The third-order valence-electron chi connectivity index (χ3n) is 3.26. The summed E-state index contributed by atoms with van der Waals surface area (Å²) in [6, 6.07) is 0.145. The van der Waals surface area contributed by atoms with Crippen molar-refractivity contribution in [2.75, 3.05) is 12.3 Å². The molecule has 0 saturated heterocycles. The second-order valence-electron chi connectivity index (χ2n) is 4.64.